The third-order valence-corrected chi connectivity index (χ3v) is 6.57. The Labute approximate surface area is 145 Å². The Bertz CT molecular complexity index is 865. The van der Waals surface area contributed by atoms with Crippen molar-refractivity contribution in [3.8, 4) is 0 Å². The molecule has 2 N–H and O–H groups in total. The van der Waals surface area contributed by atoms with E-state index in [1.54, 1.807) is 12.1 Å². The van der Waals surface area contributed by atoms with Crippen LogP contribution in [0.4, 0.5) is 10.1 Å². The summed E-state index contributed by atoms with van der Waals surface area (Å²) in [7, 11) is 0. The summed E-state index contributed by atoms with van der Waals surface area (Å²) in [5.41, 5.74) is 3.15. The van der Waals surface area contributed by atoms with Crippen molar-refractivity contribution in [1.82, 2.24) is 0 Å². The van der Waals surface area contributed by atoms with Crippen LogP contribution in [0.25, 0.3) is 0 Å². The van der Waals surface area contributed by atoms with E-state index in [-0.39, 0.29) is 11.9 Å². The molecule has 2 fully saturated rings. The molecule has 2 aromatic rings. The van der Waals surface area contributed by atoms with E-state index >= 15 is 0 Å². The third kappa shape index (κ3) is 2.13. The van der Waals surface area contributed by atoms with E-state index in [4.69, 9.17) is 0 Å². The lowest BCUT2D eigenvalue weighted by Gasteiger charge is -2.43. The minimum atomic E-state index is -0.890. The number of hydrogen-bond acceptors (Lipinski definition) is 2. The van der Waals surface area contributed by atoms with E-state index < -0.39 is 5.97 Å². The van der Waals surface area contributed by atoms with Crippen LogP contribution >= 0.6 is 0 Å². The summed E-state index contributed by atoms with van der Waals surface area (Å²) in [4.78, 5) is 11.4. The van der Waals surface area contributed by atoms with Crippen molar-refractivity contribution in [3.63, 3.8) is 0 Å². The van der Waals surface area contributed by atoms with Crippen LogP contribution in [0.1, 0.15) is 52.7 Å². The molecular formula is C21H20FNO2. The van der Waals surface area contributed by atoms with Gasteiger partial charge >= 0.3 is 5.97 Å². The number of carboxylic acids is 1. The summed E-state index contributed by atoms with van der Waals surface area (Å²) < 4.78 is 14.5. The number of anilines is 1. The van der Waals surface area contributed by atoms with Gasteiger partial charge in [0.2, 0.25) is 0 Å². The lowest BCUT2D eigenvalue weighted by atomic mass is 9.68. The van der Waals surface area contributed by atoms with Crippen LogP contribution in [0, 0.1) is 23.6 Å². The average Bonchev–Trinajstić information content (AvgIpc) is 3.23. The topological polar surface area (TPSA) is 49.3 Å². The van der Waals surface area contributed by atoms with Crippen molar-refractivity contribution in [3.05, 3.63) is 65.0 Å². The summed E-state index contributed by atoms with van der Waals surface area (Å²) >= 11 is 0. The van der Waals surface area contributed by atoms with Crippen molar-refractivity contribution in [2.45, 2.75) is 31.2 Å². The number of rotatable bonds is 2. The van der Waals surface area contributed by atoms with E-state index in [0.717, 1.165) is 16.8 Å². The number of carbonyl (C=O) groups is 1. The smallest absolute Gasteiger partial charge is 0.335 e. The van der Waals surface area contributed by atoms with Gasteiger partial charge in [0.15, 0.2) is 0 Å². The molecule has 2 aliphatic carbocycles. The highest BCUT2D eigenvalue weighted by molar-refractivity contribution is 5.88. The molecule has 0 spiro atoms. The van der Waals surface area contributed by atoms with Crippen molar-refractivity contribution in [2.24, 2.45) is 17.8 Å². The van der Waals surface area contributed by atoms with Crippen LogP contribution in [-0.4, -0.2) is 11.1 Å². The molecule has 4 heteroatoms. The normalized spacial score (nSPS) is 32.0. The molecule has 5 rings (SSSR count). The summed E-state index contributed by atoms with van der Waals surface area (Å²) in [6.45, 7) is 0. The van der Waals surface area contributed by atoms with Gasteiger partial charge in [0.25, 0.3) is 0 Å². The molecule has 2 aromatic carbocycles. The van der Waals surface area contributed by atoms with Gasteiger partial charge in [0.05, 0.1) is 11.6 Å². The van der Waals surface area contributed by atoms with Gasteiger partial charge in [-0.3, -0.25) is 0 Å². The molecule has 25 heavy (non-hydrogen) atoms. The van der Waals surface area contributed by atoms with Gasteiger partial charge < -0.3 is 10.4 Å². The predicted molar refractivity (Wildman–Crippen MR) is 93.2 cm³/mol. The first kappa shape index (κ1) is 14.9. The Morgan fingerprint density at radius 2 is 1.88 bits per heavy atom. The zero-order valence-electron chi connectivity index (χ0n) is 13.8. The molecule has 2 bridgehead atoms. The molecule has 0 amide bonds. The Morgan fingerprint density at radius 3 is 2.68 bits per heavy atom. The SMILES string of the molecule is O=C(O)c1ccc2c(c1)[C@@H]1[C@H]3CC[C@@H](C3)[C@H]1[C@H](c1ccccc1F)N2. The Balaban J connectivity index is 1.65. The second kappa shape index (κ2) is 5.32. The van der Waals surface area contributed by atoms with Crippen molar-refractivity contribution >= 4 is 11.7 Å². The predicted octanol–water partition coefficient (Wildman–Crippen LogP) is 4.82. The molecular weight excluding hydrogens is 317 g/mol. The minimum absolute atomic E-state index is 0.0373. The van der Waals surface area contributed by atoms with Gasteiger partial charge in [0, 0.05) is 11.3 Å². The number of aromatic carboxylic acids is 1. The summed E-state index contributed by atoms with van der Waals surface area (Å²) in [6.07, 6.45) is 3.58. The number of benzene rings is 2. The molecule has 1 aliphatic heterocycles. The quantitative estimate of drug-likeness (QED) is 0.826. The second-order valence-electron chi connectivity index (χ2n) is 7.69. The molecule has 3 nitrogen and oxygen atoms in total. The van der Waals surface area contributed by atoms with Crippen LogP contribution in [0.5, 0.6) is 0 Å². The zero-order chi connectivity index (χ0) is 17.1. The van der Waals surface area contributed by atoms with Gasteiger partial charge in [-0.25, -0.2) is 9.18 Å². The monoisotopic (exact) mass is 337 g/mol. The molecule has 0 aromatic heterocycles. The first-order valence-electron chi connectivity index (χ1n) is 9.01. The molecule has 1 heterocycles. The van der Waals surface area contributed by atoms with Crippen LogP contribution in [0.2, 0.25) is 0 Å². The Morgan fingerprint density at radius 1 is 1.08 bits per heavy atom. The number of hydrogen-bond donors (Lipinski definition) is 2. The molecule has 0 unspecified atom stereocenters. The maximum Gasteiger partial charge on any atom is 0.335 e. The van der Waals surface area contributed by atoms with Gasteiger partial charge in [-0.15, -0.1) is 0 Å². The second-order valence-corrected chi connectivity index (χ2v) is 7.69. The number of halogens is 1. The number of carboxylic acid groups (broad SMARTS) is 1. The highest BCUT2D eigenvalue weighted by Crippen LogP contribution is 2.63. The Hall–Kier alpha value is -2.36. The van der Waals surface area contributed by atoms with Gasteiger partial charge in [0.1, 0.15) is 5.82 Å². The fraction of sp³-hybridized carbons (Fsp3) is 0.381. The highest BCUT2D eigenvalue weighted by atomic mass is 19.1. The number of nitrogens with one attached hydrogen (secondary N) is 1. The van der Waals surface area contributed by atoms with Crippen LogP contribution < -0.4 is 5.32 Å². The van der Waals surface area contributed by atoms with Gasteiger partial charge in [-0.2, -0.15) is 0 Å². The van der Waals surface area contributed by atoms with Gasteiger partial charge in [-0.05, 0) is 72.8 Å². The van der Waals surface area contributed by atoms with E-state index in [0.29, 0.717) is 29.2 Å². The standard InChI is InChI=1S/C21H20FNO2/c22-16-4-2-1-3-14(16)20-19-12-6-5-11(9-12)18(19)15-10-13(21(24)25)7-8-17(15)23-20/h1-4,7-8,10-12,18-20,23H,5-6,9H2,(H,24,25)/t11-,12-,18-,19+,20-/m0/s1. The first-order valence-corrected chi connectivity index (χ1v) is 9.01. The molecule has 2 saturated carbocycles. The zero-order valence-corrected chi connectivity index (χ0v) is 13.8. The van der Waals surface area contributed by atoms with Crippen LogP contribution in [-0.2, 0) is 0 Å². The van der Waals surface area contributed by atoms with E-state index in [9.17, 15) is 14.3 Å². The summed E-state index contributed by atoms with van der Waals surface area (Å²) in [6, 6.07) is 12.3. The van der Waals surface area contributed by atoms with E-state index in [1.165, 1.54) is 25.3 Å². The Kier molecular flexibility index (Phi) is 3.18. The van der Waals surface area contributed by atoms with Crippen LogP contribution in [0.15, 0.2) is 42.5 Å². The van der Waals surface area contributed by atoms with Crippen LogP contribution in [0.3, 0.4) is 0 Å². The van der Waals surface area contributed by atoms with E-state index in [1.807, 2.05) is 24.3 Å². The van der Waals surface area contributed by atoms with Crippen molar-refractivity contribution < 1.29 is 14.3 Å². The summed E-state index contributed by atoms with van der Waals surface area (Å²) in [5, 5.41) is 12.9. The average molecular weight is 337 g/mol. The third-order valence-electron chi connectivity index (χ3n) is 6.57. The number of fused-ring (bicyclic) bond motifs is 7. The maximum absolute atomic E-state index is 14.5. The summed E-state index contributed by atoms with van der Waals surface area (Å²) in [5.74, 6) is 0.805. The minimum Gasteiger partial charge on any atom is -0.478 e. The van der Waals surface area contributed by atoms with E-state index in [2.05, 4.69) is 5.32 Å². The molecule has 128 valence electrons. The molecule has 0 saturated heterocycles. The lowest BCUT2D eigenvalue weighted by molar-refractivity contribution is 0.0696. The maximum atomic E-state index is 14.5. The van der Waals surface area contributed by atoms with Crippen molar-refractivity contribution in [2.75, 3.05) is 5.32 Å². The first-order chi connectivity index (χ1) is 12.1. The lowest BCUT2D eigenvalue weighted by Crippen LogP contribution is -2.36. The van der Waals surface area contributed by atoms with Gasteiger partial charge in [-0.1, -0.05) is 18.2 Å². The highest BCUT2D eigenvalue weighted by Gasteiger charge is 2.54. The fourth-order valence-electron chi connectivity index (χ4n) is 5.66. The fourth-order valence-corrected chi connectivity index (χ4v) is 5.66. The largest absolute Gasteiger partial charge is 0.478 e. The van der Waals surface area contributed by atoms with Crippen molar-refractivity contribution in [1.29, 1.82) is 0 Å². The molecule has 3 aliphatic rings. The molecule has 0 radical (unpaired) electrons. The molecule has 5 atom stereocenters.